The second-order valence-corrected chi connectivity index (χ2v) is 8.49. The third-order valence-corrected chi connectivity index (χ3v) is 6.65. The third kappa shape index (κ3) is 4.30. The topological polar surface area (TPSA) is 42.0 Å². The van der Waals surface area contributed by atoms with Crippen LogP contribution in [0.4, 0.5) is 0 Å². The minimum Gasteiger partial charge on any atom is -0.493 e. The van der Waals surface area contributed by atoms with Crippen LogP contribution in [0.2, 0.25) is 0 Å². The fourth-order valence-electron chi connectivity index (χ4n) is 4.62. The van der Waals surface area contributed by atoms with Crippen molar-refractivity contribution in [2.24, 2.45) is 0 Å². The monoisotopic (exact) mass is 432 g/mol. The number of carbonyl (C=O) groups excluding carboxylic acids is 1. The lowest BCUT2D eigenvalue weighted by molar-refractivity contribution is 0.0730. The molecule has 3 aromatic carbocycles. The lowest BCUT2D eigenvalue weighted by Gasteiger charge is -2.31. The van der Waals surface area contributed by atoms with Crippen LogP contribution in [-0.4, -0.2) is 56.6 Å². The van der Waals surface area contributed by atoms with Crippen LogP contribution >= 0.6 is 0 Å². The van der Waals surface area contributed by atoms with E-state index >= 15 is 0 Å². The molecule has 0 aliphatic carbocycles. The fraction of sp³-hybridized carbons (Fsp3) is 0.370. The molecular weight excluding hydrogens is 400 g/mol. The van der Waals surface area contributed by atoms with Gasteiger partial charge in [0, 0.05) is 31.2 Å². The number of nitrogens with zero attached hydrogens (tertiary/aromatic N) is 2. The molecule has 1 atom stereocenters. The molecule has 32 heavy (non-hydrogen) atoms. The molecule has 0 aromatic heterocycles. The highest BCUT2D eigenvalue weighted by molar-refractivity contribution is 5.97. The van der Waals surface area contributed by atoms with Crippen molar-refractivity contribution in [1.29, 1.82) is 0 Å². The van der Waals surface area contributed by atoms with E-state index < -0.39 is 0 Å². The van der Waals surface area contributed by atoms with Gasteiger partial charge in [0.25, 0.3) is 5.91 Å². The van der Waals surface area contributed by atoms with Crippen LogP contribution in [0.3, 0.4) is 0 Å². The van der Waals surface area contributed by atoms with Crippen molar-refractivity contribution in [1.82, 2.24) is 9.80 Å². The fourth-order valence-corrected chi connectivity index (χ4v) is 4.62. The second-order valence-electron chi connectivity index (χ2n) is 8.49. The van der Waals surface area contributed by atoms with Crippen LogP contribution < -0.4 is 9.47 Å². The molecule has 1 heterocycles. The summed E-state index contributed by atoms with van der Waals surface area (Å²) in [5, 5.41) is 2.58. The van der Waals surface area contributed by atoms with E-state index in [2.05, 4.69) is 61.3 Å². The van der Waals surface area contributed by atoms with Crippen molar-refractivity contribution in [2.75, 3.05) is 40.9 Å². The lowest BCUT2D eigenvalue weighted by atomic mass is 9.97. The minimum atomic E-state index is 0.0805. The van der Waals surface area contributed by atoms with Crippen LogP contribution in [-0.2, 0) is 6.42 Å². The van der Waals surface area contributed by atoms with E-state index in [1.807, 2.05) is 17.0 Å². The number of ether oxygens (including phenoxy) is 2. The summed E-state index contributed by atoms with van der Waals surface area (Å²) in [5.41, 5.74) is 3.10. The summed E-state index contributed by atoms with van der Waals surface area (Å²) in [6.45, 7) is 4.67. The maximum Gasteiger partial charge on any atom is 0.254 e. The van der Waals surface area contributed by atoms with Gasteiger partial charge < -0.3 is 14.4 Å². The summed E-state index contributed by atoms with van der Waals surface area (Å²) < 4.78 is 10.8. The Labute approximate surface area is 190 Å². The van der Waals surface area contributed by atoms with Gasteiger partial charge in [-0.05, 0) is 60.8 Å². The molecule has 0 saturated heterocycles. The number of rotatable bonds is 8. The SMILES string of the molecule is COc1cc2c(cc1OC)C(=O)N(CCCN(C)C(C)c1cccc3ccccc13)CC2. The highest BCUT2D eigenvalue weighted by atomic mass is 16.5. The predicted octanol–water partition coefficient (Wildman–Crippen LogP) is 4.94. The van der Waals surface area contributed by atoms with Crippen LogP contribution in [0.25, 0.3) is 10.8 Å². The van der Waals surface area contributed by atoms with Crippen molar-refractivity contribution in [3.63, 3.8) is 0 Å². The molecular formula is C27H32N2O3. The average Bonchev–Trinajstić information content (AvgIpc) is 2.83. The first-order chi connectivity index (χ1) is 15.5. The Morgan fingerprint density at radius 2 is 1.75 bits per heavy atom. The summed E-state index contributed by atoms with van der Waals surface area (Å²) in [4.78, 5) is 17.4. The number of fused-ring (bicyclic) bond motifs is 2. The Balaban J connectivity index is 1.39. The average molecular weight is 433 g/mol. The first-order valence-corrected chi connectivity index (χ1v) is 11.3. The third-order valence-electron chi connectivity index (χ3n) is 6.65. The van der Waals surface area contributed by atoms with Crippen molar-refractivity contribution >= 4 is 16.7 Å². The molecule has 0 spiro atoms. The molecule has 0 radical (unpaired) electrons. The Morgan fingerprint density at radius 3 is 2.53 bits per heavy atom. The van der Waals surface area contributed by atoms with Gasteiger partial charge in [-0.1, -0.05) is 42.5 Å². The lowest BCUT2D eigenvalue weighted by Crippen LogP contribution is -2.39. The van der Waals surface area contributed by atoms with Crippen molar-refractivity contribution in [3.8, 4) is 11.5 Å². The van der Waals surface area contributed by atoms with Gasteiger partial charge in [-0.25, -0.2) is 0 Å². The molecule has 0 fully saturated rings. The molecule has 0 N–H and O–H groups in total. The molecule has 1 amide bonds. The van der Waals surface area contributed by atoms with E-state index in [1.165, 1.54) is 16.3 Å². The van der Waals surface area contributed by atoms with E-state index in [-0.39, 0.29) is 5.91 Å². The summed E-state index contributed by atoms with van der Waals surface area (Å²) >= 11 is 0. The van der Waals surface area contributed by atoms with E-state index in [1.54, 1.807) is 14.2 Å². The van der Waals surface area contributed by atoms with Crippen LogP contribution in [0.1, 0.15) is 40.9 Å². The Bertz CT molecular complexity index is 1110. The van der Waals surface area contributed by atoms with Gasteiger partial charge in [-0.3, -0.25) is 9.69 Å². The standard InChI is InChI=1S/C27H32N2O3/c1-19(22-12-7-10-20-9-5-6-11-23(20)22)28(2)14-8-15-29-16-13-21-17-25(31-3)26(32-4)18-24(21)27(29)30/h5-7,9-12,17-19H,8,13-16H2,1-4H3. The van der Waals surface area contributed by atoms with Gasteiger partial charge in [0.15, 0.2) is 11.5 Å². The molecule has 5 nitrogen and oxygen atoms in total. The zero-order valence-electron chi connectivity index (χ0n) is 19.4. The number of hydrogen-bond donors (Lipinski definition) is 0. The van der Waals surface area contributed by atoms with Crippen molar-refractivity contribution < 1.29 is 14.3 Å². The summed E-state index contributed by atoms with van der Waals surface area (Å²) in [6.07, 6.45) is 1.77. The predicted molar refractivity (Wildman–Crippen MR) is 129 cm³/mol. The smallest absolute Gasteiger partial charge is 0.254 e. The second kappa shape index (κ2) is 9.61. The quantitative estimate of drug-likeness (QED) is 0.506. The van der Waals surface area contributed by atoms with Gasteiger partial charge >= 0.3 is 0 Å². The van der Waals surface area contributed by atoms with Crippen LogP contribution in [0.5, 0.6) is 11.5 Å². The van der Waals surface area contributed by atoms with Crippen LogP contribution in [0, 0.1) is 0 Å². The molecule has 3 aromatic rings. The molecule has 0 saturated carbocycles. The van der Waals surface area contributed by atoms with Crippen molar-refractivity contribution in [2.45, 2.75) is 25.8 Å². The van der Waals surface area contributed by atoms with Crippen LogP contribution in [0.15, 0.2) is 54.6 Å². The van der Waals surface area contributed by atoms with Crippen molar-refractivity contribution in [3.05, 3.63) is 71.3 Å². The molecule has 1 aliphatic rings. The van der Waals surface area contributed by atoms with Gasteiger partial charge in [0.2, 0.25) is 0 Å². The highest BCUT2D eigenvalue weighted by Gasteiger charge is 2.26. The normalized spacial score (nSPS) is 14.5. The number of carbonyl (C=O) groups is 1. The largest absolute Gasteiger partial charge is 0.493 e. The van der Waals surface area contributed by atoms with Gasteiger partial charge in [-0.2, -0.15) is 0 Å². The Hall–Kier alpha value is -3.05. The molecule has 4 rings (SSSR count). The first-order valence-electron chi connectivity index (χ1n) is 11.3. The molecule has 5 heteroatoms. The van der Waals surface area contributed by atoms with E-state index in [9.17, 15) is 4.79 Å². The number of hydrogen-bond acceptors (Lipinski definition) is 4. The van der Waals surface area contributed by atoms with E-state index in [0.717, 1.165) is 43.6 Å². The van der Waals surface area contributed by atoms with E-state index in [0.29, 0.717) is 17.5 Å². The van der Waals surface area contributed by atoms with Gasteiger partial charge in [0.05, 0.1) is 14.2 Å². The summed E-state index contributed by atoms with van der Waals surface area (Å²) in [7, 11) is 5.39. The molecule has 168 valence electrons. The van der Waals surface area contributed by atoms with E-state index in [4.69, 9.17) is 9.47 Å². The molecule has 1 unspecified atom stereocenters. The zero-order chi connectivity index (χ0) is 22.7. The Morgan fingerprint density at radius 1 is 1.03 bits per heavy atom. The number of amides is 1. The van der Waals surface area contributed by atoms with Gasteiger partial charge in [0.1, 0.15) is 0 Å². The summed E-state index contributed by atoms with van der Waals surface area (Å²) in [6, 6.07) is 19.1. The maximum atomic E-state index is 13.1. The highest BCUT2D eigenvalue weighted by Crippen LogP contribution is 2.33. The first kappa shape index (κ1) is 22.2. The number of benzene rings is 3. The number of methoxy groups -OCH3 is 2. The molecule has 1 aliphatic heterocycles. The molecule has 0 bridgehead atoms. The zero-order valence-corrected chi connectivity index (χ0v) is 19.4. The van der Waals surface area contributed by atoms with Gasteiger partial charge in [-0.15, -0.1) is 0 Å². The minimum absolute atomic E-state index is 0.0805. The maximum absolute atomic E-state index is 13.1. The summed E-state index contributed by atoms with van der Waals surface area (Å²) in [5.74, 6) is 1.36. The Kier molecular flexibility index (Phi) is 6.66.